The van der Waals surface area contributed by atoms with E-state index in [9.17, 15) is 9.59 Å². The number of nitrogens with zero attached hydrogens (tertiary/aromatic N) is 2. The van der Waals surface area contributed by atoms with Gasteiger partial charge < -0.3 is 19.7 Å². The van der Waals surface area contributed by atoms with Gasteiger partial charge in [-0.1, -0.05) is 23.2 Å². The van der Waals surface area contributed by atoms with Crippen LogP contribution in [-0.4, -0.2) is 59.7 Å². The fourth-order valence-corrected chi connectivity index (χ4v) is 6.03. The van der Waals surface area contributed by atoms with Crippen LogP contribution in [0.2, 0.25) is 5.02 Å². The standard InChI is InChI=1S/C29H36ClN3O4S/c1-5-36-28(35)33-15-11-19(12-16-33)25-22-9-7-21(30)18-20(22)6-8-23-24(10-13-31-26(23)25)38-17-14-32-27(34)37-29(2,3)4/h7,9-10,13,18H,5-6,8,11-12,14-17H2,1-4H3,(H,32,34). The van der Waals surface area contributed by atoms with E-state index in [0.29, 0.717) is 26.2 Å². The van der Waals surface area contributed by atoms with Crippen molar-refractivity contribution in [2.24, 2.45) is 0 Å². The normalized spacial score (nSPS) is 15.3. The van der Waals surface area contributed by atoms with Gasteiger partial charge in [-0.15, -0.1) is 11.8 Å². The summed E-state index contributed by atoms with van der Waals surface area (Å²) in [5, 5.41) is 3.57. The van der Waals surface area contributed by atoms with Gasteiger partial charge in [-0.3, -0.25) is 4.98 Å². The molecule has 1 fully saturated rings. The highest BCUT2D eigenvalue weighted by atomic mass is 35.5. The summed E-state index contributed by atoms with van der Waals surface area (Å²) in [6, 6.07) is 8.18. The van der Waals surface area contributed by atoms with Crippen molar-refractivity contribution >= 4 is 41.1 Å². The molecule has 2 aromatic rings. The van der Waals surface area contributed by atoms with Crippen molar-refractivity contribution in [3.8, 4) is 0 Å². The molecule has 7 nitrogen and oxygen atoms in total. The van der Waals surface area contributed by atoms with E-state index >= 15 is 0 Å². The number of thioether (sulfide) groups is 1. The lowest BCUT2D eigenvalue weighted by Gasteiger charge is -2.29. The Kier molecular flexibility index (Phi) is 9.26. The van der Waals surface area contributed by atoms with Crippen LogP contribution in [0, 0.1) is 0 Å². The van der Waals surface area contributed by atoms with E-state index in [4.69, 9.17) is 26.1 Å². The number of hydrogen-bond donors (Lipinski definition) is 1. The van der Waals surface area contributed by atoms with E-state index in [1.54, 1.807) is 16.7 Å². The zero-order valence-corrected chi connectivity index (χ0v) is 24.1. The quantitative estimate of drug-likeness (QED) is 0.333. The molecule has 204 valence electrons. The SMILES string of the molecule is CCOC(=O)N1CCC(=C2c3ccc(Cl)cc3CCc3c(SCCNC(=O)OC(C)(C)C)ccnc32)CC1. The Balaban J connectivity index is 1.59. The first-order chi connectivity index (χ1) is 18.2. The van der Waals surface area contributed by atoms with Crippen molar-refractivity contribution < 1.29 is 19.1 Å². The first-order valence-electron chi connectivity index (χ1n) is 13.2. The number of aromatic nitrogens is 1. The predicted molar refractivity (Wildman–Crippen MR) is 152 cm³/mol. The summed E-state index contributed by atoms with van der Waals surface area (Å²) in [6.45, 7) is 9.52. The van der Waals surface area contributed by atoms with Gasteiger partial charge in [0.1, 0.15) is 5.60 Å². The van der Waals surface area contributed by atoms with Crippen LogP contribution in [0.4, 0.5) is 9.59 Å². The van der Waals surface area contributed by atoms with Crippen molar-refractivity contribution in [2.75, 3.05) is 32.0 Å². The molecule has 9 heteroatoms. The number of fused-ring (bicyclic) bond motifs is 2. The van der Waals surface area contributed by atoms with Crippen LogP contribution >= 0.6 is 23.4 Å². The number of carbonyl (C=O) groups is 2. The molecular formula is C29H36ClN3O4S. The third-order valence-electron chi connectivity index (χ3n) is 6.50. The highest BCUT2D eigenvalue weighted by Gasteiger charge is 2.28. The minimum absolute atomic E-state index is 0.248. The van der Waals surface area contributed by atoms with E-state index in [-0.39, 0.29) is 6.09 Å². The molecule has 1 aliphatic carbocycles. The van der Waals surface area contributed by atoms with Gasteiger partial charge in [0.05, 0.1) is 12.3 Å². The molecule has 2 heterocycles. The number of pyridine rings is 1. The van der Waals surface area contributed by atoms with Crippen molar-refractivity contribution in [1.82, 2.24) is 15.2 Å². The van der Waals surface area contributed by atoms with Gasteiger partial charge in [0, 0.05) is 47.1 Å². The lowest BCUT2D eigenvalue weighted by molar-refractivity contribution is 0.0531. The number of rotatable bonds is 5. The van der Waals surface area contributed by atoms with Gasteiger partial charge in [-0.05, 0) is 88.3 Å². The Morgan fingerprint density at radius 3 is 2.61 bits per heavy atom. The van der Waals surface area contributed by atoms with Crippen LogP contribution in [-0.2, 0) is 22.3 Å². The Morgan fingerprint density at radius 1 is 1.13 bits per heavy atom. The molecule has 1 aromatic carbocycles. The fourth-order valence-electron chi connectivity index (χ4n) is 4.88. The number of halogens is 1. The van der Waals surface area contributed by atoms with Crippen LogP contribution in [0.15, 0.2) is 40.9 Å². The largest absolute Gasteiger partial charge is 0.450 e. The average molecular weight is 558 g/mol. The Labute approximate surface area is 234 Å². The summed E-state index contributed by atoms with van der Waals surface area (Å²) in [4.78, 5) is 32.1. The van der Waals surface area contributed by atoms with Gasteiger partial charge in [-0.25, -0.2) is 9.59 Å². The molecule has 1 saturated heterocycles. The van der Waals surface area contributed by atoms with Crippen LogP contribution in [0.3, 0.4) is 0 Å². The molecule has 2 aliphatic rings. The monoisotopic (exact) mass is 557 g/mol. The van der Waals surface area contributed by atoms with E-state index in [1.165, 1.54) is 32.7 Å². The fraction of sp³-hybridized carbons (Fsp3) is 0.483. The van der Waals surface area contributed by atoms with Gasteiger partial charge >= 0.3 is 12.2 Å². The van der Waals surface area contributed by atoms with Gasteiger partial charge in [0.2, 0.25) is 0 Å². The zero-order valence-electron chi connectivity index (χ0n) is 22.6. The highest BCUT2D eigenvalue weighted by molar-refractivity contribution is 7.99. The topological polar surface area (TPSA) is 80.8 Å². The number of carbonyl (C=O) groups excluding carboxylic acids is 2. The molecule has 0 bridgehead atoms. The van der Waals surface area contributed by atoms with Crippen molar-refractivity contribution in [3.05, 3.63) is 63.4 Å². The number of ether oxygens (including phenoxy) is 2. The average Bonchev–Trinajstić information content (AvgIpc) is 3.03. The molecule has 0 atom stereocenters. The summed E-state index contributed by atoms with van der Waals surface area (Å²) < 4.78 is 10.6. The minimum atomic E-state index is -0.520. The Morgan fingerprint density at radius 2 is 1.89 bits per heavy atom. The molecule has 2 amide bonds. The van der Waals surface area contributed by atoms with E-state index in [0.717, 1.165) is 42.2 Å². The van der Waals surface area contributed by atoms with E-state index in [2.05, 4.69) is 23.5 Å². The lowest BCUT2D eigenvalue weighted by Crippen LogP contribution is -2.37. The molecule has 0 unspecified atom stereocenters. The molecule has 0 radical (unpaired) electrons. The third kappa shape index (κ3) is 7.03. The summed E-state index contributed by atoms with van der Waals surface area (Å²) in [5.74, 6) is 0.717. The second kappa shape index (κ2) is 12.4. The summed E-state index contributed by atoms with van der Waals surface area (Å²) in [5.41, 5.74) is 6.57. The zero-order chi connectivity index (χ0) is 27.3. The molecule has 1 N–H and O–H groups in total. The van der Waals surface area contributed by atoms with Gasteiger partial charge in [-0.2, -0.15) is 0 Å². The number of alkyl carbamates (subject to hydrolysis) is 1. The molecule has 38 heavy (non-hydrogen) atoms. The first-order valence-corrected chi connectivity index (χ1v) is 14.5. The number of nitrogens with one attached hydrogen (secondary N) is 1. The summed E-state index contributed by atoms with van der Waals surface area (Å²) >= 11 is 8.12. The lowest BCUT2D eigenvalue weighted by atomic mass is 9.88. The summed E-state index contributed by atoms with van der Waals surface area (Å²) in [6.07, 6.45) is 4.48. The van der Waals surface area contributed by atoms with Gasteiger partial charge in [0.25, 0.3) is 0 Å². The van der Waals surface area contributed by atoms with Gasteiger partial charge in [0.15, 0.2) is 0 Å². The third-order valence-corrected chi connectivity index (χ3v) is 7.84. The molecule has 0 saturated carbocycles. The molecule has 0 spiro atoms. The predicted octanol–water partition coefficient (Wildman–Crippen LogP) is 6.50. The summed E-state index contributed by atoms with van der Waals surface area (Å²) in [7, 11) is 0. The van der Waals surface area contributed by atoms with Crippen LogP contribution < -0.4 is 5.32 Å². The van der Waals surface area contributed by atoms with E-state index < -0.39 is 11.7 Å². The second-order valence-corrected chi connectivity index (χ2v) is 12.0. The number of likely N-dealkylation sites (tertiary alicyclic amines) is 1. The number of aryl methyl sites for hydroxylation is 1. The molecule has 4 rings (SSSR count). The number of piperidine rings is 1. The van der Waals surface area contributed by atoms with E-state index in [1.807, 2.05) is 40.0 Å². The second-order valence-electron chi connectivity index (χ2n) is 10.4. The van der Waals surface area contributed by atoms with Crippen molar-refractivity contribution in [2.45, 2.75) is 63.9 Å². The van der Waals surface area contributed by atoms with Crippen LogP contribution in [0.25, 0.3) is 5.57 Å². The maximum Gasteiger partial charge on any atom is 0.409 e. The minimum Gasteiger partial charge on any atom is -0.450 e. The maximum absolute atomic E-state index is 12.3. The van der Waals surface area contributed by atoms with Crippen molar-refractivity contribution in [3.63, 3.8) is 0 Å². The maximum atomic E-state index is 12.3. The smallest absolute Gasteiger partial charge is 0.409 e. The number of hydrogen-bond acceptors (Lipinski definition) is 6. The molecular weight excluding hydrogens is 522 g/mol. The molecule has 1 aromatic heterocycles. The number of amides is 2. The highest BCUT2D eigenvalue weighted by Crippen LogP contribution is 2.41. The first kappa shape index (κ1) is 28.3. The Hall–Kier alpha value is -2.71. The Bertz CT molecular complexity index is 1210. The van der Waals surface area contributed by atoms with Crippen LogP contribution in [0.1, 0.15) is 62.9 Å². The molecule has 1 aliphatic heterocycles. The number of benzene rings is 1. The van der Waals surface area contributed by atoms with Crippen molar-refractivity contribution in [1.29, 1.82) is 0 Å². The van der Waals surface area contributed by atoms with Crippen LogP contribution in [0.5, 0.6) is 0 Å².